The molecule has 106 valence electrons. The van der Waals surface area contributed by atoms with Crippen LogP contribution in [0.3, 0.4) is 0 Å². The van der Waals surface area contributed by atoms with Gasteiger partial charge >= 0.3 is 7.12 Å². The van der Waals surface area contributed by atoms with E-state index in [0.717, 1.165) is 17.4 Å². The maximum absolute atomic E-state index is 8.31. The van der Waals surface area contributed by atoms with Crippen LogP contribution in [0.2, 0.25) is 0 Å². The Labute approximate surface area is 120 Å². The molecule has 0 amide bonds. The predicted octanol–water partition coefficient (Wildman–Crippen LogP) is 2.84. The molecule has 1 fully saturated rings. The summed E-state index contributed by atoms with van der Waals surface area (Å²) >= 11 is 0. The van der Waals surface area contributed by atoms with Gasteiger partial charge in [-0.05, 0) is 50.7 Å². The van der Waals surface area contributed by atoms with Gasteiger partial charge in [-0.2, -0.15) is 0 Å². The molecule has 0 spiro atoms. The quantitative estimate of drug-likeness (QED) is 0.366. The highest BCUT2D eigenvalue weighted by molar-refractivity contribution is 6.62. The van der Waals surface area contributed by atoms with Crippen LogP contribution in [0.5, 0.6) is 0 Å². The molecule has 0 aromatic heterocycles. The van der Waals surface area contributed by atoms with E-state index in [1.807, 2.05) is 45.9 Å². The highest BCUT2D eigenvalue weighted by Crippen LogP contribution is 2.36. The average molecular weight is 273 g/mol. The SMILES string of the molecule is CC1(C)OB(c2cccc(CCN=[N+]=[N-])c2)OC1(C)C. The molecule has 1 aromatic carbocycles. The third-order valence-electron chi connectivity index (χ3n) is 4.04. The zero-order chi connectivity index (χ0) is 14.8. The molecule has 0 radical (unpaired) electrons. The Morgan fingerprint density at radius 3 is 2.45 bits per heavy atom. The average Bonchev–Trinajstić information content (AvgIpc) is 2.59. The van der Waals surface area contributed by atoms with Gasteiger partial charge in [-0.15, -0.1) is 0 Å². The molecule has 1 aromatic rings. The molecule has 1 aliphatic rings. The van der Waals surface area contributed by atoms with E-state index < -0.39 is 0 Å². The van der Waals surface area contributed by atoms with Gasteiger partial charge in [0.15, 0.2) is 0 Å². The van der Waals surface area contributed by atoms with Crippen molar-refractivity contribution in [1.82, 2.24) is 0 Å². The molecule has 1 aliphatic heterocycles. The first kappa shape index (κ1) is 14.9. The van der Waals surface area contributed by atoms with E-state index in [9.17, 15) is 0 Å². The van der Waals surface area contributed by atoms with Crippen molar-refractivity contribution in [2.45, 2.75) is 45.3 Å². The summed E-state index contributed by atoms with van der Waals surface area (Å²) in [5, 5.41) is 3.56. The van der Waals surface area contributed by atoms with Crippen LogP contribution in [0.4, 0.5) is 0 Å². The lowest BCUT2D eigenvalue weighted by Gasteiger charge is -2.32. The first-order chi connectivity index (χ1) is 9.36. The maximum atomic E-state index is 8.31. The van der Waals surface area contributed by atoms with Gasteiger partial charge in [-0.1, -0.05) is 29.4 Å². The van der Waals surface area contributed by atoms with Crippen molar-refractivity contribution in [3.8, 4) is 0 Å². The lowest BCUT2D eigenvalue weighted by Crippen LogP contribution is -2.41. The molecule has 20 heavy (non-hydrogen) atoms. The molecule has 2 rings (SSSR count). The minimum absolute atomic E-state index is 0.335. The molecule has 0 saturated carbocycles. The Kier molecular flexibility index (Phi) is 4.09. The van der Waals surface area contributed by atoms with Gasteiger partial charge in [0.2, 0.25) is 0 Å². The highest BCUT2D eigenvalue weighted by atomic mass is 16.7. The van der Waals surface area contributed by atoms with Gasteiger partial charge in [-0.25, -0.2) is 0 Å². The van der Waals surface area contributed by atoms with Gasteiger partial charge in [0.05, 0.1) is 11.2 Å². The lowest BCUT2D eigenvalue weighted by atomic mass is 9.78. The summed E-state index contributed by atoms with van der Waals surface area (Å²) in [6, 6.07) is 8.04. The van der Waals surface area contributed by atoms with Crippen LogP contribution >= 0.6 is 0 Å². The maximum Gasteiger partial charge on any atom is 0.494 e. The summed E-state index contributed by atoms with van der Waals surface area (Å²) in [4.78, 5) is 2.76. The Morgan fingerprint density at radius 2 is 1.85 bits per heavy atom. The van der Waals surface area contributed by atoms with E-state index in [2.05, 4.69) is 16.1 Å². The van der Waals surface area contributed by atoms with Gasteiger partial charge < -0.3 is 9.31 Å². The third-order valence-corrected chi connectivity index (χ3v) is 4.04. The summed E-state index contributed by atoms with van der Waals surface area (Å²) in [7, 11) is -0.348. The fourth-order valence-corrected chi connectivity index (χ4v) is 2.10. The summed E-state index contributed by atoms with van der Waals surface area (Å²) < 4.78 is 12.1. The first-order valence-corrected chi connectivity index (χ1v) is 6.81. The van der Waals surface area contributed by atoms with Gasteiger partial charge in [0.25, 0.3) is 0 Å². The second-order valence-electron chi connectivity index (χ2n) is 6.04. The zero-order valence-electron chi connectivity index (χ0n) is 12.5. The fourth-order valence-electron chi connectivity index (χ4n) is 2.10. The van der Waals surface area contributed by atoms with E-state index >= 15 is 0 Å². The van der Waals surface area contributed by atoms with Crippen molar-refractivity contribution >= 4 is 12.6 Å². The number of hydrogen-bond donors (Lipinski definition) is 0. The molecule has 0 aliphatic carbocycles. The second-order valence-corrected chi connectivity index (χ2v) is 6.04. The molecule has 0 atom stereocenters. The van der Waals surface area contributed by atoms with Crippen molar-refractivity contribution in [3.05, 3.63) is 40.3 Å². The fraction of sp³-hybridized carbons (Fsp3) is 0.571. The summed E-state index contributed by atoms with van der Waals surface area (Å²) in [5.74, 6) is 0. The minimum atomic E-state index is -0.348. The van der Waals surface area contributed by atoms with Crippen molar-refractivity contribution in [1.29, 1.82) is 0 Å². The van der Waals surface area contributed by atoms with Crippen LogP contribution in [-0.2, 0) is 15.7 Å². The van der Waals surface area contributed by atoms with E-state index in [0.29, 0.717) is 6.54 Å². The van der Waals surface area contributed by atoms with Crippen LogP contribution in [0.25, 0.3) is 10.4 Å². The normalized spacial score (nSPS) is 19.7. The number of hydrogen-bond acceptors (Lipinski definition) is 3. The zero-order valence-corrected chi connectivity index (χ0v) is 12.5. The lowest BCUT2D eigenvalue weighted by molar-refractivity contribution is 0.00578. The topological polar surface area (TPSA) is 67.2 Å². The van der Waals surface area contributed by atoms with Crippen molar-refractivity contribution in [2.24, 2.45) is 5.11 Å². The van der Waals surface area contributed by atoms with Gasteiger partial charge in [0, 0.05) is 11.5 Å². The number of azide groups is 1. The van der Waals surface area contributed by atoms with Gasteiger partial charge in [0.1, 0.15) is 0 Å². The molecule has 1 saturated heterocycles. The molecule has 6 heteroatoms. The van der Waals surface area contributed by atoms with E-state index in [1.54, 1.807) is 0 Å². The smallest absolute Gasteiger partial charge is 0.399 e. The van der Waals surface area contributed by atoms with Gasteiger partial charge in [-0.3, -0.25) is 0 Å². The van der Waals surface area contributed by atoms with Crippen molar-refractivity contribution in [3.63, 3.8) is 0 Å². The van der Waals surface area contributed by atoms with Crippen LogP contribution in [0, 0.1) is 0 Å². The van der Waals surface area contributed by atoms with Crippen molar-refractivity contribution < 1.29 is 9.31 Å². The molecular formula is C14H20BN3O2. The number of nitrogens with zero attached hydrogens (tertiary/aromatic N) is 3. The van der Waals surface area contributed by atoms with E-state index in [1.165, 1.54) is 0 Å². The van der Waals surface area contributed by atoms with Crippen LogP contribution in [0.15, 0.2) is 29.4 Å². The number of rotatable bonds is 4. The standard InChI is InChI=1S/C14H20BN3O2/c1-13(2)14(3,4)20-15(19-13)12-7-5-6-11(10-12)8-9-17-18-16/h5-7,10H,8-9H2,1-4H3. The predicted molar refractivity (Wildman–Crippen MR) is 79.9 cm³/mol. The molecular weight excluding hydrogens is 253 g/mol. The molecule has 1 heterocycles. The largest absolute Gasteiger partial charge is 0.494 e. The first-order valence-electron chi connectivity index (χ1n) is 6.81. The monoisotopic (exact) mass is 273 g/mol. The number of benzene rings is 1. The van der Waals surface area contributed by atoms with Crippen LogP contribution in [-0.4, -0.2) is 24.9 Å². The Morgan fingerprint density at radius 1 is 1.20 bits per heavy atom. The second kappa shape index (κ2) is 5.48. The van der Waals surface area contributed by atoms with E-state index in [-0.39, 0.29) is 18.3 Å². The van der Waals surface area contributed by atoms with Crippen LogP contribution in [0.1, 0.15) is 33.3 Å². The van der Waals surface area contributed by atoms with Crippen molar-refractivity contribution in [2.75, 3.05) is 6.54 Å². The highest BCUT2D eigenvalue weighted by Gasteiger charge is 2.51. The summed E-state index contributed by atoms with van der Waals surface area (Å²) in [5.41, 5.74) is 9.75. The Hall–Kier alpha value is -1.49. The Bertz CT molecular complexity index is 523. The molecule has 5 nitrogen and oxygen atoms in total. The molecule has 0 N–H and O–H groups in total. The van der Waals surface area contributed by atoms with Crippen LogP contribution < -0.4 is 5.46 Å². The molecule has 0 bridgehead atoms. The van der Waals surface area contributed by atoms with E-state index in [4.69, 9.17) is 14.8 Å². The minimum Gasteiger partial charge on any atom is -0.399 e. The molecule has 0 unspecified atom stereocenters. The summed E-state index contributed by atoms with van der Waals surface area (Å²) in [6.07, 6.45) is 0.720. The summed E-state index contributed by atoms with van der Waals surface area (Å²) in [6.45, 7) is 8.62. The Balaban J connectivity index is 2.14. The third kappa shape index (κ3) is 2.98.